The third-order valence-electron chi connectivity index (χ3n) is 2.32. The molecule has 0 bridgehead atoms. The van der Waals surface area contributed by atoms with Crippen LogP contribution in [0.15, 0.2) is 35.2 Å². The molecule has 0 aliphatic carbocycles. The van der Waals surface area contributed by atoms with Crippen molar-refractivity contribution in [3.63, 3.8) is 0 Å². The second-order valence-corrected chi connectivity index (χ2v) is 5.29. The van der Waals surface area contributed by atoms with Crippen LogP contribution in [0.2, 0.25) is 0 Å². The lowest BCUT2D eigenvalue weighted by Crippen LogP contribution is -2.46. The first-order chi connectivity index (χ1) is 7.91. The van der Waals surface area contributed by atoms with Gasteiger partial charge in [-0.2, -0.15) is 4.31 Å². The molecule has 0 heterocycles. The molecule has 0 spiro atoms. The van der Waals surface area contributed by atoms with Crippen molar-refractivity contribution in [2.24, 2.45) is 5.73 Å². The highest BCUT2D eigenvalue weighted by atomic mass is 32.2. The van der Waals surface area contributed by atoms with E-state index in [9.17, 15) is 13.2 Å². The van der Waals surface area contributed by atoms with Crippen molar-refractivity contribution < 1.29 is 18.3 Å². The first-order valence-electron chi connectivity index (χ1n) is 4.91. The molecule has 0 saturated carbocycles. The van der Waals surface area contributed by atoms with Crippen molar-refractivity contribution in [1.29, 1.82) is 0 Å². The van der Waals surface area contributed by atoms with E-state index in [4.69, 9.17) is 10.8 Å². The molecule has 1 atom stereocenters. The van der Waals surface area contributed by atoms with Crippen LogP contribution in [0.5, 0.6) is 0 Å². The molecule has 1 rings (SSSR count). The molecule has 94 valence electrons. The van der Waals surface area contributed by atoms with Gasteiger partial charge in [0.1, 0.15) is 6.04 Å². The van der Waals surface area contributed by atoms with Gasteiger partial charge in [0.25, 0.3) is 0 Å². The van der Waals surface area contributed by atoms with Gasteiger partial charge < -0.3 is 10.8 Å². The number of carboxylic acid groups (broad SMARTS) is 1. The van der Waals surface area contributed by atoms with Gasteiger partial charge in [-0.05, 0) is 19.1 Å². The lowest BCUT2D eigenvalue weighted by Gasteiger charge is -2.23. The van der Waals surface area contributed by atoms with E-state index in [0.29, 0.717) is 0 Å². The smallest absolute Gasteiger partial charge is 0.321 e. The fourth-order valence-corrected chi connectivity index (χ4v) is 2.79. The monoisotopic (exact) mass is 258 g/mol. The Labute approximate surface area is 99.7 Å². The minimum Gasteiger partial charge on any atom is -0.480 e. The summed E-state index contributed by atoms with van der Waals surface area (Å²) in [5.41, 5.74) is 5.32. The van der Waals surface area contributed by atoms with Gasteiger partial charge in [-0.25, -0.2) is 8.42 Å². The van der Waals surface area contributed by atoms with Gasteiger partial charge in [0.15, 0.2) is 0 Å². The lowest BCUT2D eigenvalue weighted by molar-refractivity contribution is -0.140. The van der Waals surface area contributed by atoms with E-state index in [1.807, 2.05) is 0 Å². The minimum absolute atomic E-state index is 0.0264. The Morgan fingerprint density at radius 2 is 1.94 bits per heavy atom. The zero-order valence-electron chi connectivity index (χ0n) is 9.28. The normalized spacial score (nSPS) is 13.6. The number of nitrogens with two attached hydrogens (primary N) is 1. The number of aliphatic carboxylic acids is 1. The molecule has 1 aromatic rings. The van der Waals surface area contributed by atoms with Crippen molar-refractivity contribution >= 4 is 16.0 Å². The summed E-state index contributed by atoms with van der Waals surface area (Å²) < 4.78 is 24.9. The van der Waals surface area contributed by atoms with Crippen molar-refractivity contribution in [3.05, 3.63) is 30.3 Å². The Bertz CT molecular complexity index is 486. The second-order valence-electron chi connectivity index (χ2n) is 3.40. The molecule has 1 unspecified atom stereocenters. The third-order valence-corrected chi connectivity index (χ3v) is 4.27. The average molecular weight is 258 g/mol. The lowest BCUT2D eigenvalue weighted by atomic mass is 10.3. The van der Waals surface area contributed by atoms with Gasteiger partial charge >= 0.3 is 5.97 Å². The summed E-state index contributed by atoms with van der Waals surface area (Å²) in [6, 6.07) is 6.39. The highest BCUT2D eigenvalue weighted by Crippen LogP contribution is 2.16. The van der Waals surface area contributed by atoms with Crippen LogP contribution in [-0.4, -0.2) is 36.5 Å². The third kappa shape index (κ3) is 2.82. The maximum atomic E-state index is 12.1. The molecule has 6 nitrogen and oxygen atoms in total. The number of rotatable bonds is 5. The van der Waals surface area contributed by atoms with Crippen molar-refractivity contribution in [3.8, 4) is 0 Å². The fourth-order valence-electron chi connectivity index (χ4n) is 1.32. The number of carbonyl (C=O) groups is 1. The molecule has 0 amide bonds. The van der Waals surface area contributed by atoms with E-state index in [2.05, 4.69) is 0 Å². The van der Waals surface area contributed by atoms with E-state index in [-0.39, 0.29) is 11.6 Å². The molecule has 0 aliphatic heterocycles. The number of hydrogen-bond acceptors (Lipinski definition) is 4. The standard InChI is InChI=1S/C10H14N2O4S/c1-8(10(13)14)12(7-11)17(15,16)9-5-3-2-4-6-9/h2-6,8H,7,11H2,1H3,(H,13,14). The van der Waals surface area contributed by atoms with Crippen molar-refractivity contribution in [1.82, 2.24) is 4.31 Å². The Morgan fingerprint density at radius 3 is 2.35 bits per heavy atom. The summed E-state index contributed by atoms with van der Waals surface area (Å²) in [6.07, 6.45) is 0. The largest absolute Gasteiger partial charge is 0.480 e. The van der Waals surface area contributed by atoms with Gasteiger partial charge in [-0.15, -0.1) is 0 Å². The van der Waals surface area contributed by atoms with Gasteiger partial charge in [-0.1, -0.05) is 18.2 Å². The maximum Gasteiger partial charge on any atom is 0.321 e. The second kappa shape index (κ2) is 5.26. The highest BCUT2D eigenvalue weighted by Gasteiger charge is 2.31. The van der Waals surface area contributed by atoms with E-state index in [1.165, 1.54) is 19.1 Å². The summed E-state index contributed by atoms with van der Waals surface area (Å²) in [5.74, 6) is -1.24. The summed E-state index contributed by atoms with van der Waals surface area (Å²) >= 11 is 0. The predicted octanol–water partition coefficient (Wildman–Crippen LogP) is 0.0666. The molecule has 0 fully saturated rings. The van der Waals surface area contributed by atoms with Crippen LogP contribution in [0.3, 0.4) is 0 Å². The fraction of sp³-hybridized carbons (Fsp3) is 0.300. The van der Waals surface area contributed by atoms with Gasteiger partial charge in [0.2, 0.25) is 10.0 Å². The van der Waals surface area contributed by atoms with Crippen LogP contribution in [0.1, 0.15) is 6.92 Å². The van der Waals surface area contributed by atoms with Crippen LogP contribution >= 0.6 is 0 Å². The molecular formula is C10H14N2O4S. The number of nitrogens with zero attached hydrogens (tertiary/aromatic N) is 1. The van der Waals surface area contributed by atoms with Crippen LogP contribution in [0, 0.1) is 0 Å². The zero-order valence-corrected chi connectivity index (χ0v) is 10.1. The number of hydrogen-bond donors (Lipinski definition) is 2. The summed E-state index contributed by atoms with van der Waals surface area (Å²) in [5, 5.41) is 8.83. The van der Waals surface area contributed by atoms with Gasteiger partial charge in [0.05, 0.1) is 11.6 Å². The first-order valence-corrected chi connectivity index (χ1v) is 6.35. The van der Waals surface area contributed by atoms with Crippen LogP contribution < -0.4 is 5.73 Å². The zero-order chi connectivity index (χ0) is 13.1. The first kappa shape index (κ1) is 13.6. The van der Waals surface area contributed by atoms with E-state index in [0.717, 1.165) is 4.31 Å². The van der Waals surface area contributed by atoms with Gasteiger partial charge in [0, 0.05) is 0 Å². The molecule has 0 radical (unpaired) electrons. The van der Waals surface area contributed by atoms with Crippen molar-refractivity contribution in [2.75, 3.05) is 6.67 Å². The Morgan fingerprint density at radius 1 is 1.41 bits per heavy atom. The predicted molar refractivity (Wildman–Crippen MR) is 61.6 cm³/mol. The molecule has 7 heteroatoms. The SMILES string of the molecule is CC(C(=O)O)N(CN)S(=O)(=O)c1ccccc1. The summed E-state index contributed by atoms with van der Waals surface area (Å²) in [4.78, 5) is 10.8. The molecule has 0 saturated heterocycles. The Balaban J connectivity index is 3.16. The van der Waals surface area contributed by atoms with Crippen LogP contribution in [-0.2, 0) is 14.8 Å². The summed E-state index contributed by atoms with van der Waals surface area (Å²) in [7, 11) is -3.87. The molecule has 1 aromatic carbocycles. The van der Waals surface area contributed by atoms with Crippen LogP contribution in [0.4, 0.5) is 0 Å². The van der Waals surface area contributed by atoms with E-state index in [1.54, 1.807) is 18.2 Å². The van der Waals surface area contributed by atoms with E-state index < -0.39 is 22.0 Å². The van der Waals surface area contributed by atoms with E-state index >= 15 is 0 Å². The highest BCUT2D eigenvalue weighted by molar-refractivity contribution is 7.89. The molecular weight excluding hydrogens is 244 g/mol. The maximum absolute atomic E-state index is 12.1. The van der Waals surface area contributed by atoms with Crippen molar-refractivity contribution in [2.45, 2.75) is 17.9 Å². The number of carboxylic acids is 1. The molecule has 3 N–H and O–H groups in total. The quantitative estimate of drug-likeness (QED) is 0.728. The van der Waals surface area contributed by atoms with Gasteiger partial charge in [-0.3, -0.25) is 4.79 Å². The number of sulfonamides is 1. The average Bonchev–Trinajstić information content (AvgIpc) is 2.30. The topological polar surface area (TPSA) is 101 Å². The Kier molecular flexibility index (Phi) is 4.22. The van der Waals surface area contributed by atoms with Crippen LogP contribution in [0.25, 0.3) is 0 Å². The Hall–Kier alpha value is -1.44. The summed E-state index contributed by atoms with van der Waals surface area (Å²) in [6.45, 7) is 0.889. The minimum atomic E-state index is -3.87. The molecule has 0 aliphatic rings. The molecule has 0 aromatic heterocycles. The molecule has 17 heavy (non-hydrogen) atoms. The number of benzene rings is 1.